The van der Waals surface area contributed by atoms with Gasteiger partial charge in [-0.1, -0.05) is 12.1 Å². The molecule has 31 heavy (non-hydrogen) atoms. The standard InChI is InChI=1S/C25H35N3O2S/c1-23(2,3)31(30)27-25(22(29)28(4)5,21-8-6-7-17(12-21)16-26)24-13-18-9-19(14-24)11-20(10-18)15-24/h6-8,12,18-20,27H,9-11,13-15H2,1-5H3/t18?,19?,20?,24?,25-,31?/m0/s1. The van der Waals surface area contributed by atoms with Gasteiger partial charge < -0.3 is 4.90 Å². The summed E-state index contributed by atoms with van der Waals surface area (Å²) in [7, 11) is 2.12. The third-order valence-corrected chi connectivity index (χ3v) is 9.39. The monoisotopic (exact) mass is 441 g/mol. The van der Waals surface area contributed by atoms with Crippen LogP contribution < -0.4 is 4.72 Å². The van der Waals surface area contributed by atoms with Crippen molar-refractivity contribution in [3.05, 3.63) is 35.4 Å². The summed E-state index contributed by atoms with van der Waals surface area (Å²) in [6, 6.07) is 9.66. The zero-order valence-electron chi connectivity index (χ0n) is 19.4. The molecule has 0 heterocycles. The van der Waals surface area contributed by atoms with Crippen LogP contribution in [-0.2, 0) is 21.3 Å². The first-order valence-electron chi connectivity index (χ1n) is 11.4. The minimum Gasteiger partial charge on any atom is -0.347 e. The van der Waals surface area contributed by atoms with E-state index in [1.54, 1.807) is 25.1 Å². The SMILES string of the molecule is CN(C)C(=O)[C@@](NS(=O)C(C)(C)C)(c1cccc(C#N)c1)C12CC3CC(CC(C3)C1)C2. The molecule has 4 fully saturated rings. The molecular formula is C25H35N3O2S. The maximum atomic E-state index is 14.2. The number of carbonyl (C=O) groups excluding carboxylic acids is 1. The fraction of sp³-hybridized carbons (Fsp3) is 0.680. The Labute approximate surface area is 189 Å². The van der Waals surface area contributed by atoms with Crippen LogP contribution in [0.2, 0.25) is 0 Å². The number of nitriles is 1. The highest BCUT2D eigenvalue weighted by atomic mass is 32.2. The molecule has 168 valence electrons. The molecule has 2 atom stereocenters. The summed E-state index contributed by atoms with van der Waals surface area (Å²) in [6.45, 7) is 5.81. The maximum Gasteiger partial charge on any atom is 0.248 e. The summed E-state index contributed by atoms with van der Waals surface area (Å²) < 4.78 is 16.5. The summed E-state index contributed by atoms with van der Waals surface area (Å²) in [5, 5.41) is 9.60. The van der Waals surface area contributed by atoms with E-state index in [0.29, 0.717) is 23.3 Å². The van der Waals surface area contributed by atoms with E-state index in [-0.39, 0.29) is 11.3 Å². The molecule has 5 nitrogen and oxygen atoms in total. The van der Waals surface area contributed by atoms with E-state index in [0.717, 1.165) is 24.8 Å². The van der Waals surface area contributed by atoms with Crippen LogP contribution in [0, 0.1) is 34.5 Å². The molecule has 1 aromatic rings. The van der Waals surface area contributed by atoms with E-state index in [4.69, 9.17) is 0 Å². The number of benzene rings is 1. The molecule has 0 radical (unpaired) electrons. The van der Waals surface area contributed by atoms with Gasteiger partial charge in [-0.15, -0.1) is 0 Å². The normalized spacial score (nSPS) is 32.2. The molecule has 1 N–H and O–H groups in total. The molecule has 1 amide bonds. The summed E-state index contributed by atoms with van der Waals surface area (Å²) in [5.74, 6) is 1.83. The van der Waals surface area contributed by atoms with E-state index >= 15 is 0 Å². The first-order chi connectivity index (χ1) is 14.5. The molecule has 5 rings (SSSR count). The summed E-state index contributed by atoms with van der Waals surface area (Å²) in [4.78, 5) is 15.8. The number of hydrogen-bond donors (Lipinski definition) is 1. The molecule has 0 saturated heterocycles. The van der Waals surface area contributed by atoms with E-state index < -0.39 is 21.3 Å². The zero-order chi connectivity index (χ0) is 22.6. The maximum absolute atomic E-state index is 14.2. The van der Waals surface area contributed by atoms with Crippen molar-refractivity contribution in [3.8, 4) is 6.07 Å². The Balaban J connectivity index is 1.97. The molecule has 1 aromatic carbocycles. The van der Waals surface area contributed by atoms with Crippen LogP contribution >= 0.6 is 0 Å². The molecule has 0 aliphatic heterocycles. The van der Waals surface area contributed by atoms with Gasteiger partial charge in [0.05, 0.1) is 27.4 Å². The van der Waals surface area contributed by atoms with Crippen molar-refractivity contribution >= 4 is 16.9 Å². The molecule has 4 saturated carbocycles. The van der Waals surface area contributed by atoms with Crippen molar-refractivity contribution < 1.29 is 9.00 Å². The van der Waals surface area contributed by atoms with Gasteiger partial charge in [0.15, 0.2) is 0 Å². The van der Waals surface area contributed by atoms with Crippen LogP contribution in [0.1, 0.15) is 70.4 Å². The summed E-state index contributed by atoms with van der Waals surface area (Å²) in [6.07, 6.45) is 6.70. The summed E-state index contributed by atoms with van der Waals surface area (Å²) in [5.41, 5.74) is -0.0958. The molecule has 1 unspecified atom stereocenters. The third kappa shape index (κ3) is 3.64. The van der Waals surface area contributed by atoms with Crippen LogP contribution in [0.25, 0.3) is 0 Å². The van der Waals surface area contributed by atoms with Gasteiger partial charge in [0, 0.05) is 19.5 Å². The fourth-order valence-electron chi connectivity index (χ4n) is 6.89. The van der Waals surface area contributed by atoms with Gasteiger partial charge in [0.1, 0.15) is 5.54 Å². The first-order valence-corrected chi connectivity index (χ1v) is 12.6. The lowest BCUT2D eigenvalue weighted by Gasteiger charge is -2.63. The quantitative estimate of drug-likeness (QED) is 0.747. The number of hydrogen-bond acceptors (Lipinski definition) is 3. The van der Waals surface area contributed by atoms with E-state index in [1.807, 2.05) is 39.0 Å². The second-order valence-electron chi connectivity index (χ2n) is 11.3. The van der Waals surface area contributed by atoms with E-state index in [2.05, 4.69) is 10.8 Å². The first kappa shape index (κ1) is 22.5. The Morgan fingerprint density at radius 3 is 2.13 bits per heavy atom. The molecular weight excluding hydrogens is 406 g/mol. The predicted molar refractivity (Wildman–Crippen MR) is 123 cm³/mol. The lowest BCUT2D eigenvalue weighted by Crippen LogP contribution is -2.69. The van der Waals surface area contributed by atoms with Gasteiger partial charge in [-0.25, -0.2) is 8.93 Å². The average molecular weight is 442 g/mol. The Morgan fingerprint density at radius 1 is 1.13 bits per heavy atom. The molecule has 4 aliphatic rings. The Bertz CT molecular complexity index is 908. The number of carbonyl (C=O) groups is 1. The van der Waals surface area contributed by atoms with Crippen molar-refractivity contribution in [3.63, 3.8) is 0 Å². The van der Waals surface area contributed by atoms with Gasteiger partial charge in [0.2, 0.25) is 5.91 Å². The van der Waals surface area contributed by atoms with Crippen LogP contribution in [-0.4, -0.2) is 33.9 Å². The molecule has 6 heteroatoms. The smallest absolute Gasteiger partial charge is 0.248 e. The topological polar surface area (TPSA) is 73.2 Å². The number of rotatable bonds is 5. The van der Waals surface area contributed by atoms with Gasteiger partial charge >= 0.3 is 0 Å². The van der Waals surface area contributed by atoms with Gasteiger partial charge in [-0.2, -0.15) is 5.26 Å². The number of amides is 1. The number of nitrogens with zero attached hydrogens (tertiary/aromatic N) is 2. The van der Waals surface area contributed by atoms with E-state index in [1.165, 1.54) is 19.3 Å². The van der Waals surface area contributed by atoms with Crippen molar-refractivity contribution in [1.29, 1.82) is 5.26 Å². The van der Waals surface area contributed by atoms with Gasteiger partial charge in [0.25, 0.3) is 0 Å². The zero-order valence-corrected chi connectivity index (χ0v) is 20.2. The van der Waals surface area contributed by atoms with Gasteiger partial charge in [-0.05, 0) is 94.7 Å². The number of likely N-dealkylation sites (N-methyl/N-ethyl adjacent to an activating group) is 1. The minimum atomic E-state index is -1.45. The van der Waals surface area contributed by atoms with Crippen LogP contribution in [0.15, 0.2) is 24.3 Å². The van der Waals surface area contributed by atoms with Crippen LogP contribution in [0.5, 0.6) is 0 Å². The van der Waals surface area contributed by atoms with E-state index in [9.17, 15) is 14.3 Å². The third-order valence-electron chi connectivity index (χ3n) is 7.79. The fourth-order valence-corrected chi connectivity index (χ4v) is 7.89. The van der Waals surface area contributed by atoms with Crippen molar-refractivity contribution in [2.75, 3.05) is 14.1 Å². The minimum absolute atomic E-state index is 0.0536. The highest BCUT2D eigenvalue weighted by Crippen LogP contribution is 2.66. The largest absolute Gasteiger partial charge is 0.347 e. The molecule has 0 spiro atoms. The second kappa shape index (κ2) is 7.71. The molecule has 4 aliphatic carbocycles. The number of nitrogens with one attached hydrogen (secondary N) is 1. The van der Waals surface area contributed by atoms with Crippen molar-refractivity contribution in [2.45, 2.75) is 69.6 Å². The Kier molecular flexibility index (Phi) is 5.59. The van der Waals surface area contributed by atoms with Gasteiger partial charge in [-0.3, -0.25) is 4.79 Å². The predicted octanol–water partition coefficient (Wildman–Crippen LogP) is 4.11. The second-order valence-corrected chi connectivity index (χ2v) is 13.3. The Morgan fingerprint density at radius 2 is 1.68 bits per heavy atom. The van der Waals surface area contributed by atoms with Crippen molar-refractivity contribution in [1.82, 2.24) is 9.62 Å². The summed E-state index contributed by atoms with van der Waals surface area (Å²) >= 11 is 0. The van der Waals surface area contributed by atoms with Crippen molar-refractivity contribution in [2.24, 2.45) is 23.2 Å². The highest BCUT2D eigenvalue weighted by molar-refractivity contribution is 7.84. The Hall–Kier alpha value is -1.71. The lowest BCUT2D eigenvalue weighted by molar-refractivity contribution is -0.157. The average Bonchev–Trinajstić information content (AvgIpc) is 2.69. The van der Waals surface area contributed by atoms with Crippen LogP contribution in [0.3, 0.4) is 0 Å². The molecule has 4 bridgehead atoms. The lowest BCUT2D eigenvalue weighted by atomic mass is 9.43. The molecule has 0 aromatic heterocycles. The van der Waals surface area contributed by atoms with Crippen LogP contribution in [0.4, 0.5) is 0 Å². The highest BCUT2D eigenvalue weighted by Gasteiger charge is 2.65.